The van der Waals surface area contributed by atoms with Crippen LogP contribution < -0.4 is 31.1 Å². The number of hydrogen-bond acceptors (Lipinski definition) is 25. The minimum Gasteiger partial charge on any atom is -0.496 e. The van der Waals surface area contributed by atoms with Crippen LogP contribution in [0.1, 0.15) is 102 Å². The lowest BCUT2D eigenvalue weighted by Gasteiger charge is -2.63. The maximum atomic E-state index is 15.2. The second-order valence-corrected chi connectivity index (χ2v) is 30.4. The number of nitrogens with one attached hydrogen (secondary N) is 5. The average molecular weight is 1410 g/mol. The Kier molecular flexibility index (Phi) is 23.8. The summed E-state index contributed by atoms with van der Waals surface area (Å²) >= 11 is 0. The molecule has 4 amide bonds. The number of carboxylic acid groups (broad SMARTS) is 1. The Balaban J connectivity index is 0.879. The number of anilines is 1. The molecule has 9 rings (SSSR count). The Morgan fingerprint density at radius 1 is 0.827 bits per heavy atom. The van der Waals surface area contributed by atoms with E-state index >= 15 is 4.79 Å². The molecule has 2 saturated heterocycles. The lowest BCUT2D eigenvalue weighted by molar-refractivity contribution is -0.204. The lowest BCUT2D eigenvalue weighted by atomic mass is 9.47. The zero-order valence-electron chi connectivity index (χ0n) is 56.1. The number of aliphatic hydroxyl groups excluding tert-OH is 9. The summed E-state index contributed by atoms with van der Waals surface area (Å²) in [6.07, 6.45) is -10.2. The maximum Gasteiger partial charge on any atom is 0.426 e. The molecule has 0 radical (unpaired) electrons. The molecule has 17 N–H and O–H groups in total. The van der Waals surface area contributed by atoms with Gasteiger partial charge < -0.3 is 91.3 Å². The molecular weight excluding hydrogens is 1320 g/mol. The molecule has 3 aromatic rings. The Morgan fingerprint density at radius 3 is 2.12 bits per heavy atom. The number of carbonyl (C=O) groups is 7. The number of amides is 4. The molecule has 2 bridgehead atoms. The smallest absolute Gasteiger partial charge is 0.426 e. The number of aliphatic hydroxyl groups is 11. The van der Waals surface area contributed by atoms with Gasteiger partial charge in [0, 0.05) is 127 Å². The van der Waals surface area contributed by atoms with Crippen LogP contribution in [0.4, 0.5) is 10.5 Å². The predicted molar refractivity (Wildman–Crippen MR) is 359 cm³/mol. The Hall–Kier alpha value is -6.01. The first-order valence-corrected chi connectivity index (χ1v) is 35.8. The van der Waals surface area contributed by atoms with Gasteiger partial charge in [0.1, 0.15) is 67.2 Å². The van der Waals surface area contributed by atoms with Crippen LogP contribution >= 0.6 is 21.6 Å². The highest BCUT2D eigenvalue weighted by molar-refractivity contribution is 8.76. The number of likely N-dealkylation sites (N-methyl/N-ethyl adjacent to an activating group) is 1. The van der Waals surface area contributed by atoms with Gasteiger partial charge in [-0.1, -0.05) is 72.7 Å². The van der Waals surface area contributed by atoms with Gasteiger partial charge in [0.05, 0.1) is 37.9 Å². The number of fused-ring (bicyclic) bond motifs is 6. The quantitative estimate of drug-likeness (QED) is 0.0165. The molecule has 6 heterocycles. The summed E-state index contributed by atoms with van der Waals surface area (Å²) in [7, 11) is 5.37. The first-order chi connectivity index (χ1) is 46.4. The number of benzene rings is 2. The molecule has 3 fully saturated rings. The minimum atomic E-state index is -2.61. The van der Waals surface area contributed by atoms with Crippen LogP contribution in [0.5, 0.6) is 5.75 Å². The van der Waals surface area contributed by atoms with Crippen LogP contribution in [0.15, 0.2) is 48.6 Å². The van der Waals surface area contributed by atoms with Gasteiger partial charge in [0.15, 0.2) is 17.2 Å². The van der Waals surface area contributed by atoms with Gasteiger partial charge in [-0.05, 0) is 81.2 Å². The second kappa shape index (κ2) is 30.7. The third-order valence-electron chi connectivity index (χ3n) is 21.7. The molecule has 29 nitrogen and oxygen atoms in total. The lowest BCUT2D eigenvalue weighted by Crippen LogP contribution is -2.82. The summed E-state index contributed by atoms with van der Waals surface area (Å²) in [6, 6.07) is 6.91. The first kappa shape index (κ1) is 76.2. The highest BCUT2D eigenvalue weighted by atomic mass is 33.1. The van der Waals surface area contributed by atoms with Gasteiger partial charge in [-0.3, -0.25) is 44.0 Å². The number of aromatic amines is 1. The van der Waals surface area contributed by atoms with Crippen molar-refractivity contribution in [2.24, 2.45) is 23.2 Å². The SMILES string of the molecule is CC[C@]1(O)C[C@H]2CN(CCc3c([nH]c4ccccc34)[C@@](C)(c3cc4c(cc3OC)N(C)[C@H]3[C@@](O)(C(=O)NNC(=O)OCCSSC[C@H](CC(=O)[C@@H](NC(=O)[C@H](C)CC(=O)[C@@H](NC(C)=O)[C@@H](O)[C@H](O)[C@H](O)CO)[C@@H](O)[C@H](O)[C@H](O)CO)C(=O)O)[C@H](O)[C@]5(CC)C=CCN6CC[C@]43[C@@H]65)C2)C1. The molecule has 542 valence electrons. The van der Waals surface area contributed by atoms with Crippen molar-refractivity contribution >= 4 is 79.5 Å². The summed E-state index contributed by atoms with van der Waals surface area (Å²) in [5.41, 5.74) is 3.94. The van der Waals surface area contributed by atoms with Crippen LogP contribution in [0.3, 0.4) is 0 Å². The monoisotopic (exact) mass is 1410 g/mol. The van der Waals surface area contributed by atoms with Crippen LogP contribution in [-0.2, 0) is 50.8 Å². The highest BCUT2D eigenvalue weighted by Gasteiger charge is 2.79. The number of para-hydroxylation sites is 1. The summed E-state index contributed by atoms with van der Waals surface area (Å²) in [5.74, 6) is -9.50. The van der Waals surface area contributed by atoms with E-state index in [4.69, 9.17) is 9.47 Å². The molecule has 98 heavy (non-hydrogen) atoms. The summed E-state index contributed by atoms with van der Waals surface area (Å²) < 4.78 is 11.8. The van der Waals surface area contributed by atoms with E-state index in [2.05, 4.69) is 61.4 Å². The normalized spacial score (nSPS) is 30.1. The molecule has 6 aliphatic rings. The maximum absolute atomic E-state index is 15.2. The number of aliphatic carboxylic acids is 1. The van der Waals surface area contributed by atoms with Crippen molar-refractivity contribution in [3.8, 4) is 5.75 Å². The average Bonchev–Trinajstić information content (AvgIpc) is 1.46. The van der Waals surface area contributed by atoms with E-state index in [1.165, 1.54) is 5.56 Å². The van der Waals surface area contributed by atoms with Gasteiger partial charge >= 0.3 is 12.1 Å². The Bertz CT molecular complexity index is 3480. The molecule has 20 atom stereocenters. The number of rotatable bonds is 29. The zero-order valence-corrected chi connectivity index (χ0v) is 57.8. The van der Waals surface area contributed by atoms with E-state index in [0.717, 1.165) is 82.7 Å². The predicted octanol–water partition coefficient (Wildman–Crippen LogP) is -1.37. The fourth-order valence-electron chi connectivity index (χ4n) is 16.9. The molecule has 5 aliphatic heterocycles. The number of methoxy groups -OCH3 is 1. The topological polar surface area (TPSA) is 454 Å². The van der Waals surface area contributed by atoms with E-state index in [1.54, 1.807) is 14.2 Å². The largest absolute Gasteiger partial charge is 0.496 e. The Labute approximate surface area is 575 Å². The number of piperidine rings is 1. The number of carbonyl (C=O) groups excluding carboxylic acids is 6. The van der Waals surface area contributed by atoms with Crippen molar-refractivity contribution in [3.63, 3.8) is 0 Å². The summed E-state index contributed by atoms with van der Waals surface area (Å²) in [6.45, 7) is 9.15. The van der Waals surface area contributed by atoms with Crippen LogP contribution in [-0.4, -0.2) is 274 Å². The van der Waals surface area contributed by atoms with Crippen molar-refractivity contribution in [1.82, 2.24) is 36.3 Å². The molecule has 1 unspecified atom stereocenters. The molecule has 1 aliphatic carbocycles. The molecule has 1 aromatic heterocycles. The fraction of sp³-hybridized carbons (Fsp3) is 0.657. The zero-order chi connectivity index (χ0) is 71.7. The summed E-state index contributed by atoms with van der Waals surface area (Å²) in [5, 5.41) is 135. The van der Waals surface area contributed by atoms with Crippen molar-refractivity contribution < 1.29 is 104 Å². The van der Waals surface area contributed by atoms with Crippen LogP contribution in [0.2, 0.25) is 0 Å². The first-order valence-electron chi connectivity index (χ1n) is 33.3. The fourth-order valence-corrected chi connectivity index (χ4v) is 19.0. The summed E-state index contributed by atoms with van der Waals surface area (Å²) in [4.78, 5) is 104. The standard InChI is InChI=1S/C67H96N8O21S2/c1-8-64(93)28-36-27-63(5,55-39(15-19-74(29-36)33-64)38-13-10-11-14-42(38)69-55)41-25-40-43(26-48(41)95-7)73(6)59-66(40)17-20-75-18-12-16-65(9-2,58(66)75)60(90)67(59,94)61(91)71-72-62(92)96-21-22-97-98-32-37(57(88)89)24-45(80)50(54(86)52(84)47(82)31-77)70-56(87)34(3)23-44(79)49(68-35(4)78)53(85)51(83)46(81)30-76/h10-14,16,25-26,34,36-37,46-47,49-54,58-60,69,76-77,81-86,90,93-94H,8-9,15,17-24,27-33H2,1-7H3,(H,68,78)(H,70,87)(H,71,91)(H,72,92)(H,88,89)/t34-,36+,37+,46-,47-,49-,50-,51-,52-,53-,54-,58+,59-,60-,63-,64+,65-,66-,67+/m1/s1. The molecule has 1 saturated carbocycles. The van der Waals surface area contributed by atoms with Crippen LogP contribution in [0.25, 0.3) is 10.9 Å². The molecule has 31 heteroatoms. The highest BCUT2D eigenvalue weighted by Crippen LogP contribution is 2.67. The van der Waals surface area contributed by atoms with Crippen molar-refractivity contribution in [2.75, 3.05) is 83.1 Å². The minimum absolute atomic E-state index is 0.0120. The number of hydrogen-bond donors (Lipinski definition) is 17. The van der Waals surface area contributed by atoms with Crippen molar-refractivity contribution in [2.45, 2.75) is 175 Å². The van der Waals surface area contributed by atoms with Crippen LogP contribution in [0, 0.1) is 23.2 Å². The van der Waals surface area contributed by atoms with Gasteiger partial charge in [0.25, 0.3) is 5.91 Å². The van der Waals surface area contributed by atoms with Gasteiger partial charge in [0.2, 0.25) is 11.8 Å². The number of H-pyrrole nitrogens is 1. The van der Waals surface area contributed by atoms with E-state index in [9.17, 15) is 90.0 Å². The number of Topliss-reactive ketones (excluding diaryl/α,β-unsaturated/α-hetero) is 2. The Morgan fingerprint density at radius 2 is 1.49 bits per heavy atom. The van der Waals surface area contributed by atoms with Gasteiger partial charge in [-0.15, -0.1) is 0 Å². The van der Waals surface area contributed by atoms with Gasteiger partial charge in [-0.25, -0.2) is 10.2 Å². The van der Waals surface area contributed by atoms with Gasteiger partial charge in [-0.2, -0.15) is 0 Å². The second-order valence-electron chi connectivity index (χ2n) is 27.8. The third kappa shape index (κ3) is 14.2. The number of hydrazine groups is 1. The number of ether oxygens (including phenoxy) is 2. The van der Waals surface area contributed by atoms with Crippen molar-refractivity contribution in [1.29, 1.82) is 0 Å². The molecular formula is C67H96N8O21S2. The van der Waals surface area contributed by atoms with E-state index in [0.29, 0.717) is 63.2 Å². The molecule has 2 aromatic carbocycles. The van der Waals surface area contributed by atoms with Crippen molar-refractivity contribution in [3.05, 3.63) is 70.9 Å². The van der Waals surface area contributed by atoms with E-state index in [1.807, 2.05) is 49.1 Å². The number of carboxylic acids is 1. The third-order valence-corrected chi connectivity index (χ3v) is 24.2. The number of ketones is 2. The molecule has 1 spiro atoms. The number of aromatic nitrogens is 1. The van der Waals surface area contributed by atoms with E-state index < -0.39 is 174 Å². The number of nitrogens with zero attached hydrogens (tertiary/aromatic N) is 3. The van der Waals surface area contributed by atoms with E-state index in [-0.39, 0.29) is 24.0 Å².